The molecule has 5 aromatic rings. The summed E-state index contributed by atoms with van der Waals surface area (Å²) in [6.07, 6.45) is 0.777. The first-order valence-electron chi connectivity index (χ1n) is 12.4. The van der Waals surface area contributed by atoms with Gasteiger partial charge in [-0.3, -0.25) is 4.79 Å². The number of rotatable bonds is 8. The summed E-state index contributed by atoms with van der Waals surface area (Å²) in [4.78, 5) is 24.7. The molecule has 0 aliphatic rings. The van der Waals surface area contributed by atoms with Gasteiger partial charge in [0.1, 0.15) is 5.69 Å². The molecule has 0 unspecified atom stereocenters. The molecule has 0 saturated carbocycles. The van der Waals surface area contributed by atoms with E-state index in [0.29, 0.717) is 29.2 Å². The molecule has 0 aliphatic carbocycles. The molecule has 0 fully saturated rings. The van der Waals surface area contributed by atoms with Gasteiger partial charge >= 0.3 is 5.97 Å². The van der Waals surface area contributed by atoms with E-state index in [2.05, 4.69) is 20.8 Å². The fourth-order valence-corrected chi connectivity index (χ4v) is 4.02. The topological polar surface area (TPSA) is 93.2 Å². The van der Waals surface area contributed by atoms with Crippen LogP contribution in [0, 0.1) is 0 Å². The summed E-state index contributed by atoms with van der Waals surface area (Å²) in [5.41, 5.74) is 4.14. The summed E-state index contributed by atoms with van der Waals surface area (Å²) in [7, 11) is 0. The van der Waals surface area contributed by atoms with Crippen molar-refractivity contribution < 1.29 is 14.3 Å². The lowest BCUT2D eigenvalue weighted by Gasteiger charge is -2.12. The van der Waals surface area contributed by atoms with Crippen LogP contribution in [0.5, 0.6) is 0 Å². The highest BCUT2D eigenvalue weighted by molar-refractivity contribution is 6.05. The predicted octanol–water partition coefficient (Wildman–Crippen LogP) is 6.86. The lowest BCUT2D eigenvalue weighted by atomic mass is 10.0. The van der Waals surface area contributed by atoms with Crippen molar-refractivity contribution in [1.82, 2.24) is 10.2 Å². The monoisotopic (exact) mass is 502 g/mol. The van der Waals surface area contributed by atoms with E-state index in [1.54, 1.807) is 24.3 Å². The molecule has 0 atom stereocenters. The van der Waals surface area contributed by atoms with Crippen LogP contribution in [0.2, 0.25) is 0 Å². The van der Waals surface area contributed by atoms with E-state index in [4.69, 9.17) is 4.74 Å². The van der Waals surface area contributed by atoms with E-state index in [9.17, 15) is 9.59 Å². The van der Waals surface area contributed by atoms with Crippen LogP contribution in [0.25, 0.3) is 22.0 Å². The highest BCUT2D eigenvalue weighted by Gasteiger charge is 2.13. The molecule has 1 amide bonds. The number of para-hydroxylation sites is 1. The van der Waals surface area contributed by atoms with Gasteiger partial charge in [-0.2, -0.15) is 0 Å². The highest BCUT2D eigenvalue weighted by atomic mass is 16.5. The fourth-order valence-electron chi connectivity index (χ4n) is 4.02. The number of fused-ring (bicyclic) bond motifs is 1. The van der Waals surface area contributed by atoms with Gasteiger partial charge in [0.15, 0.2) is 5.82 Å². The first kappa shape index (κ1) is 24.6. The van der Waals surface area contributed by atoms with Gasteiger partial charge in [0, 0.05) is 33.3 Å². The van der Waals surface area contributed by atoms with E-state index in [-0.39, 0.29) is 11.9 Å². The van der Waals surface area contributed by atoms with Crippen molar-refractivity contribution in [2.24, 2.45) is 0 Å². The van der Waals surface area contributed by atoms with E-state index in [0.717, 1.165) is 34.1 Å². The van der Waals surface area contributed by atoms with Crippen LogP contribution in [-0.2, 0) is 4.74 Å². The maximum atomic E-state index is 12.6. The van der Waals surface area contributed by atoms with E-state index in [1.807, 2.05) is 85.8 Å². The second-order valence-corrected chi connectivity index (χ2v) is 8.68. The van der Waals surface area contributed by atoms with Gasteiger partial charge in [-0.15, -0.1) is 10.2 Å². The van der Waals surface area contributed by atoms with Crippen molar-refractivity contribution in [3.8, 4) is 11.3 Å². The average molecular weight is 503 g/mol. The highest BCUT2D eigenvalue weighted by Crippen LogP contribution is 2.31. The zero-order chi connectivity index (χ0) is 26.3. The Morgan fingerprint density at radius 3 is 2.08 bits per heavy atom. The Morgan fingerprint density at radius 2 is 1.37 bits per heavy atom. The van der Waals surface area contributed by atoms with Crippen LogP contribution in [0.1, 0.15) is 34.1 Å². The summed E-state index contributed by atoms with van der Waals surface area (Å²) in [6, 6.07) is 31.6. The number of benzene rings is 4. The number of aromatic nitrogens is 2. The zero-order valence-corrected chi connectivity index (χ0v) is 20.8. The van der Waals surface area contributed by atoms with Crippen molar-refractivity contribution in [3.05, 3.63) is 114 Å². The van der Waals surface area contributed by atoms with Crippen molar-refractivity contribution >= 4 is 39.8 Å². The van der Waals surface area contributed by atoms with Crippen molar-refractivity contribution in [2.75, 3.05) is 17.2 Å². The molecular weight excluding hydrogens is 476 g/mol. The average Bonchev–Trinajstić information content (AvgIpc) is 2.97. The Kier molecular flexibility index (Phi) is 7.36. The largest absolute Gasteiger partial charge is 0.462 e. The van der Waals surface area contributed by atoms with Crippen LogP contribution < -0.4 is 10.6 Å². The van der Waals surface area contributed by atoms with E-state index in [1.165, 1.54) is 0 Å². The molecule has 0 saturated heterocycles. The number of hydrogen-bond donors (Lipinski definition) is 2. The van der Waals surface area contributed by atoms with Gasteiger partial charge in [0.25, 0.3) is 5.91 Å². The summed E-state index contributed by atoms with van der Waals surface area (Å²) in [5.74, 6) is 0.0880. The van der Waals surface area contributed by atoms with Crippen LogP contribution in [0.4, 0.5) is 17.2 Å². The number of amides is 1. The number of nitrogens with zero attached hydrogens (tertiary/aromatic N) is 2. The molecule has 2 N–H and O–H groups in total. The molecule has 7 nitrogen and oxygen atoms in total. The Bertz CT molecular complexity index is 1570. The molecule has 5 rings (SSSR count). The van der Waals surface area contributed by atoms with E-state index >= 15 is 0 Å². The molecule has 38 heavy (non-hydrogen) atoms. The SMILES string of the molecule is CCCOC(=O)c1ccc(-c2nnc(Nc3ccc(C(=O)Nc4ccccc4)cc3)c3ccccc23)cc1. The standard InChI is InChI=1S/C31H26N4O3/c1-2-20-38-31(37)23-14-12-21(13-15-23)28-26-10-6-7-11-27(26)29(35-34-28)32-25-18-16-22(17-19-25)30(36)33-24-8-4-3-5-9-24/h3-19H,2,20H2,1H3,(H,32,35)(H,33,36). The molecule has 1 heterocycles. The summed E-state index contributed by atoms with van der Waals surface area (Å²) in [6.45, 7) is 2.36. The van der Waals surface area contributed by atoms with Gasteiger partial charge in [0.05, 0.1) is 12.2 Å². The van der Waals surface area contributed by atoms with Gasteiger partial charge in [0.2, 0.25) is 0 Å². The number of carbonyl (C=O) groups excluding carboxylic acids is 2. The summed E-state index contributed by atoms with van der Waals surface area (Å²) < 4.78 is 5.22. The van der Waals surface area contributed by atoms with Crippen LogP contribution in [-0.4, -0.2) is 28.7 Å². The van der Waals surface area contributed by atoms with Crippen molar-refractivity contribution in [2.45, 2.75) is 13.3 Å². The lowest BCUT2D eigenvalue weighted by Crippen LogP contribution is -2.11. The molecule has 4 aromatic carbocycles. The molecular formula is C31H26N4O3. The van der Waals surface area contributed by atoms with Gasteiger partial charge in [-0.25, -0.2) is 4.79 Å². The minimum absolute atomic E-state index is 0.179. The third-order valence-corrected chi connectivity index (χ3v) is 5.96. The molecule has 7 heteroatoms. The van der Waals surface area contributed by atoms with Crippen molar-refractivity contribution in [3.63, 3.8) is 0 Å². The van der Waals surface area contributed by atoms with Crippen LogP contribution in [0.15, 0.2) is 103 Å². The summed E-state index contributed by atoms with van der Waals surface area (Å²) in [5, 5.41) is 17.0. The first-order chi connectivity index (χ1) is 18.6. The first-order valence-corrected chi connectivity index (χ1v) is 12.4. The van der Waals surface area contributed by atoms with Crippen LogP contribution in [0.3, 0.4) is 0 Å². The maximum Gasteiger partial charge on any atom is 0.338 e. The molecule has 0 spiro atoms. The molecule has 0 radical (unpaired) electrons. The Hall–Kier alpha value is -5.04. The Balaban J connectivity index is 1.35. The second-order valence-electron chi connectivity index (χ2n) is 8.68. The minimum Gasteiger partial charge on any atom is -0.462 e. The fraction of sp³-hybridized carbons (Fsp3) is 0.0968. The molecule has 0 bridgehead atoms. The number of ether oxygens (including phenoxy) is 1. The number of esters is 1. The number of carbonyl (C=O) groups is 2. The summed E-state index contributed by atoms with van der Waals surface area (Å²) >= 11 is 0. The van der Waals surface area contributed by atoms with Crippen LogP contribution >= 0.6 is 0 Å². The molecule has 0 aliphatic heterocycles. The van der Waals surface area contributed by atoms with Crippen molar-refractivity contribution in [1.29, 1.82) is 0 Å². The smallest absolute Gasteiger partial charge is 0.338 e. The van der Waals surface area contributed by atoms with Gasteiger partial charge < -0.3 is 15.4 Å². The third kappa shape index (κ3) is 5.52. The maximum absolute atomic E-state index is 12.6. The normalized spacial score (nSPS) is 10.7. The van der Waals surface area contributed by atoms with E-state index < -0.39 is 0 Å². The number of anilines is 3. The minimum atomic E-state index is -0.336. The quantitative estimate of drug-likeness (QED) is 0.225. The third-order valence-electron chi connectivity index (χ3n) is 5.96. The zero-order valence-electron chi connectivity index (χ0n) is 20.8. The lowest BCUT2D eigenvalue weighted by molar-refractivity contribution is 0.0505. The predicted molar refractivity (Wildman–Crippen MR) is 150 cm³/mol. The van der Waals surface area contributed by atoms with Gasteiger partial charge in [-0.05, 0) is 55.0 Å². The molecule has 188 valence electrons. The Labute approximate surface area is 220 Å². The number of nitrogens with one attached hydrogen (secondary N) is 2. The second kappa shape index (κ2) is 11.3. The van der Waals surface area contributed by atoms with Gasteiger partial charge in [-0.1, -0.05) is 61.5 Å². The molecule has 1 aromatic heterocycles. The number of hydrogen-bond acceptors (Lipinski definition) is 6. The Morgan fingerprint density at radius 1 is 0.711 bits per heavy atom.